The second kappa shape index (κ2) is 6.17. The zero-order valence-electron chi connectivity index (χ0n) is 10.9. The lowest BCUT2D eigenvalue weighted by atomic mass is 9.93. The van der Waals surface area contributed by atoms with Crippen molar-refractivity contribution in [3.05, 3.63) is 18.2 Å². The summed E-state index contributed by atoms with van der Waals surface area (Å²) in [5.74, 6) is 1.86. The lowest BCUT2D eigenvalue weighted by Gasteiger charge is -2.28. The van der Waals surface area contributed by atoms with Crippen molar-refractivity contribution in [1.82, 2.24) is 14.9 Å². The summed E-state index contributed by atoms with van der Waals surface area (Å²) >= 11 is 0. The van der Waals surface area contributed by atoms with Crippen molar-refractivity contribution in [2.75, 3.05) is 19.8 Å². The standard InChI is InChI=1S/C13H23N3O/c1-11(13-3-9-17-10-4-13)14-5-7-16-8-6-15-12(16)2/h6,8,11,13-14H,3-5,7,9-10H2,1-2H3. The van der Waals surface area contributed by atoms with Crippen molar-refractivity contribution in [2.24, 2.45) is 5.92 Å². The average Bonchev–Trinajstić information content (AvgIpc) is 2.76. The highest BCUT2D eigenvalue weighted by Crippen LogP contribution is 2.18. The van der Waals surface area contributed by atoms with Crippen molar-refractivity contribution in [3.63, 3.8) is 0 Å². The van der Waals surface area contributed by atoms with E-state index in [0.717, 1.165) is 38.0 Å². The van der Waals surface area contributed by atoms with Crippen LogP contribution in [0.25, 0.3) is 0 Å². The molecule has 1 aromatic heterocycles. The van der Waals surface area contributed by atoms with Crippen molar-refractivity contribution >= 4 is 0 Å². The van der Waals surface area contributed by atoms with E-state index >= 15 is 0 Å². The van der Waals surface area contributed by atoms with Crippen LogP contribution in [0.2, 0.25) is 0 Å². The van der Waals surface area contributed by atoms with Crippen molar-refractivity contribution in [3.8, 4) is 0 Å². The molecule has 1 aliphatic rings. The number of aryl methyl sites for hydroxylation is 1. The largest absolute Gasteiger partial charge is 0.381 e. The van der Waals surface area contributed by atoms with Gasteiger partial charge in [0.1, 0.15) is 5.82 Å². The fraction of sp³-hybridized carbons (Fsp3) is 0.769. The van der Waals surface area contributed by atoms with Gasteiger partial charge in [-0.1, -0.05) is 0 Å². The Balaban J connectivity index is 1.69. The Bertz CT molecular complexity index is 331. The van der Waals surface area contributed by atoms with Crippen LogP contribution >= 0.6 is 0 Å². The van der Waals surface area contributed by atoms with Gasteiger partial charge in [0.2, 0.25) is 0 Å². The predicted octanol–water partition coefficient (Wildman–Crippen LogP) is 1.60. The second-order valence-electron chi connectivity index (χ2n) is 4.86. The van der Waals surface area contributed by atoms with E-state index in [1.807, 2.05) is 19.3 Å². The lowest BCUT2D eigenvalue weighted by molar-refractivity contribution is 0.0559. The molecule has 0 aromatic carbocycles. The smallest absolute Gasteiger partial charge is 0.105 e. The highest BCUT2D eigenvalue weighted by Gasteiger charge is 2.19. The normalized spacial score (nSPS) is 19.4. The van der Waals surface area contributed by atoms with Crippen LogP contribution in [0.4, 0.5) is 0 Å². The summed E-state index contributed by atoms with van der Waals surface area (Å²) < 4.78 is 7.57. The highest BCUT2D eigenvalue weighted by molar-refractivity contribution is 4.88. The molecular weight excluding hydrogens is 214 g/mol. The zero-order chi connectivity index (χ0) is 12.1. The summed E-state index contributed by atoms with van der Waals surface area (Å²) in [5, 5.41) is 3.61. The minimum atomic E-state index is 0.586. The highest BCUT2D eigenvalue weighted by atomic mass is 16.5. The summed E-state index contributed by atoms with van der Waals surface area (Å²) in [6.07, 6.45) is 6.28. The first-order chi connectivity index (χ1) is 8.27. The monoisotopic (exact) mass is 237 g/mol. The van der Waals surface area contributed by atoms with E-state index in [9.17, 15) is 0 Å². The number of nitrogens with zero attached hydrogens (tertiary/aromatic N) is 2. The molecule has 1 atom stereocenters. The Kier molecular flexibility index (Phi) is 4.57. The molecule has 0 saturated carbocycles. The first-order valence-corrected chi connectivity index (χ1v) is 6.56. The van der Waals surface area contributed by atoms with Crippen LogP contribution in [0, 0.1) is 12.8 Å². The molecule has 0 bridgehead atoms. The van der Waals surface area contributed by atoms with E-state index in [1.54, 1.807) is 0 Å². The number of imidazole rings is 1. The summed E-state index contributed by atoms with van der Waals surface area (Å²) in [7, 11) is 0. The van der Waals surface area contributed by atoms with Gasteiger partial charge in [0.25, 0.3) is 0 Å². The van der Waals surface area contributed by atoms with Crippen LogP contribution in [0.1, 0.15) is 25.6 Å². The van der Waals surface area contributed by atoms with Gasteiger partial charge in [-0.05, 0) is 32.6 Å². The maximum atomic E-state index is 5.39. The number of hydrogen-bond donors (Lipinski definition) is 1. The Morgan fingerprint density at radius 2 is 2.29 bits per heavy atom. The van der Waals surface area contributed by atoms with Crippen LogP contribution in [0.15, 0.2) is 12.4 Å². The Hall–Kier alpha value is -0.870. The molecule has 4 heteroatoms. The van der Waals surface area contributed by atoms with Gasteiger partial charge < -0.3 is 14.6 Å². The van der Waals surface area contributed by atoms with Gasteiger partial charge in [-0.25, -0.2) is 4.98 Å². The Morgan fingerprint density at radius 3 is 2.94 bits per heavy atom. The number of rotatable bonds is 5. The van der Waals surface area contributed by atoms with E-state index in [1.165, 1.54) is 12.8 Å². The van der Waals surface area contributed by atoms with Crippen LogP contribution in [0.3, 0.4) is 0 Å². The molecule has 17 heavy (non-hydrogen) atoms. The van der Waals surface area contributed by atoms with Gasteiger partial charge >= 0.3 is 0 Å². The molecule has 1 aliphatic heterocycles. The molecule has 1 saturated heterocycles. The van der Waals surface area contributed by atoms with Crippen LogP contribution in [-0.2, 0) is 11.3 Å². The molecular formula is C13H23N3O. The SMILES string of the molecule is Cc1nccn1CCNC(C)C1CCOCC1. The van der Waals surface area contributed by atoms with Gasteiger partial charge in [0, 0.05) is 44.7 Å². The van der Waals surface area contributed by atoms with E-state index in [4.69, 9.17) is 4.74 Å². The Labute approximate surface area is 103 Å². The van der Waals surface area contributed by atoms with Crippen molar-refractivity contribution in [1.29, 1.82) is 0 Å². The summed E-state index contributed by atoms with van der Waals surface area (Å²) in [4.78, 5) is 4.22. The van der Waals surface area contributed by atoms with Gasteiger partial charge in [-0.2, -0.15) is 0 Å². The quantitative estimate of drug-likeness (QED) is 0.845. The third kappa shape index (κ3) is 3.54. The fourth-order valence-corrected chi connectivity index (χ4v) is 2.44. The maximum absolute atomic E-state index is 5.39. The van der Waals surface area contributed by atoms with Crippen LogP contribution < -0.4 is 5.32 Å². The molecule has 0 amide bonds. The van der Waals surface area contributed by atoms with E-state index in [2.05, 4.69) is 21.8 Å². The van der Waals surface area contributed by atoms with E-state index < -0.39 is 0 Å². The van der Waals surface area contributed by atoms with E-state index in [0.29, 0.717) is 6.04 Å². The number of aromatic nitrogens is 2. The number of hydrogen-bond acceptors (Lipinski definition) is 3. The molecule has 2 rings (SSSR count). The molecule has 1 unspecified atom stereocenters. The average molecular weight is 237 g/mol. The van der Waals surface area contributed by atoms with Crippen molar-refractivity contribution < 1.29 is 4.74 Å². The minimum Gasteiger partial charge on any atom is -0.381 e. The molecule has 2 heterocycles. The second-order valence-corrected chi connectivity index (χ2v) is 4.86. The van der Waals surface area contributed by atoms with Gasteiger partial charge in [0.15, 0.2) is 0 Å². The summed E-state index contributed by atoms with van der Waals surface area (Å²) in [6, 6.07) is 0.586. The summed E-state index contributed by atoms with van der Waals surface area (Å²) in [6.45, 7) is 8.20. The first kappa shape index (κ1) is 12.6. The van der Waals surface area contributed by atoms with E-state index in [-0.39, 0.29) is 0 Å². The molecule has 4 nitrogen and oxygen atoms in total. The van der Waals surface area contributed by atoms with Crippen LogP contribution in [0.5, 0.6) is 0 Å². The molecule has 1 aromatic rings. The minimum absolute atomic E-state index is 0.586. The molecule has 1 N–H and O–H groups in total. The third-order valence-electron chi connectivity index (χ3n) is 3.72. The molecule has 1 fully saturated rings. The molecule has 96 valence electrons. The lowest BCUT2D eigenvalue weighted by Crippen LogP contribution is -2.38. The maximum Gasteiger partial charge on any atom is 0.105 e. The van der Waals surface area contributed by atoms with Gasteiger partial charge in [0.05, 0.1) is 0 Å². The number of ether oxygens (including phenoxy) is 1. The number of nitrogens with one attached hydrogen (secondary N) is 1. The van der Waals surface area contributed by atoms with Gasteiger partial charge in [-0.3, -0.25) is 0 Å². The predicted molar refractivity (Wildman–Crippen MR) is 68.0 cm³/mol. The first-order valence-electron chi connectivity index (χ1n) is 6.56. The third-order valence-corrected chi connectivity index (χ3v) is 3.72. The van der Waals surface area contributed by atoms with Crippen molar-refractivity contribution in [2.45, 2.75) is 39.3 Å². The van der Waals surface area contributed by atoms with Gasteiger partial charge in [-0.15, -0.1) is 0 Å². The Morgan fingerprint density at radius 1 is 1.53 bits per heavy atom. The fourth-order valence-electron chi connectivity index (χ4n) is 2.44. The van der Waals surface area contributed by atoms with Crippen LogP contribution in [-0.4, -0.2) is 35.4 Å². The summed E-state index contributed by atoms with van der Waals surface area (Å²) in [5.41, 5.74) is 0. The zero-order valence-corrected chi connectivity index (χ0v) is 10.9. The molecule has 0 aliphatic carbocycles. The molecule has 0 spiro atoms. The molecule has 0 radical (unpaired) electrons. The topological polar surface area (TPSA) is 39.1 Å².